The van der Waals surface area contributed by atoms with Gasteiger partial charge in [-0.15, -0.1) is 0 Å². The summed E-state index contributed by atoms with van der Waals surface area (Å²) in [4.78, 5) is 38.9. The van der Waals surface area contributed by atoms with E-state index in [4.69, 9.17) is 9.47 Å². The van der Waals surface area contributed by atoms with Crippen LogP contribution in [0.2, 0.25) is 0 Å². The topological polar surface area (TPSA) is 84.9 Å². The van der Waals surface area contributed by atoms with Crippen molar-refractivity contribution in [3.63, 3.8) is 0 Å². The van der Waals surface area contributed by atoms with Gasteiger partial charge < -0.3 is 14.8 Å². The van der Waals surface area contributed by atoms with E-state index in [0.717, 1.165) is 28.6 Å². The summed E-state index contributed by atoms with van der Waals surface area (Å²) in [6.45, 7) is 7.88. The van der Waals surface area contributed by atoms with Crippen molar-refractivity contribution in [3.8, 4) is 11.5 Å². The fraction of sp³-hybridized carbons (Fsp3) is 0.320. The van der Waals surface area contributed by atoms with Crippen molar-refractivity contribution in [2.45, 2.75) is 40.2 Å². The number of carbonyl (C=O) groups excluding carboxylic acids is 3. The second-order valence-electron chi connectivity index (χ2n) is 7.79. The van der Waals surface area contributed by atoms with Crippen LogP contribution in [0.4, 0.5) is 10.5 Å². The zero-order valence-electron chi connectivity index (χ0n) is 19.5. The number of imide groups is 1. The lowest BCUT2D eigenvalue weighted by Gasteiger charge is -2.18. The van der Waals surface area contributed by atoms with Crippen LogP contribution in [0.25, 0.3) is 6.08 Å². The summed E-state index contributed by atoms with van der Waals surface area (Å²) in [6.07, 6.45) is 2.46. The number of benzene rings is 2. The number of carbonyl (C=O) groups is 3. The average molecular weight is 547 g/mol. The molecule has 0 saturated carbocycles. The van der Waals surface area contributed by atoms with Gasteiger partial charge in [-0.2, -0.15) is 0 Å². The third-order valence-corrected chi connectivity index (χ3v) is 6.50. The molecule has 9 heteroatoms. The first kappa shape index (κ1) is 25.8. The molecular formula is C25H27BrN2O5S. The first-order valence-corrected chi connectivity index (χ1v) is 12.6. The zero-order valence-corrected chi connectivity index (χ0v) is 21.9. The number of nitrogens with one attached hydrogen (secondary N) is 1. The van der Waals surface area contributed by atoms with Gasteiger partial charge in [0.15, 0.2) is 11.5 Å². The molecule has 7 nitrogen and oxygen atoms in total. The molecule has 0 spiro atoms. The van der Waals surface area contributed by atoms with E-state index in [0.29, 0.717) is 33.8 Å². The smallest absolute Gasteiger partial charge is 0.294 e. The lowest BCUT2D eigenvalue weighted by molar-refractivity contribution is -0.127. The van der Waals surface area contributed by atoms with Gasteiger partial charge in [-0.05, 0) is 96.4 Å². The Bertz CT molecular complexity index is 1130. The number of anilines is 1. The summed E-state index contributed by atoms with van der Waals surface area (Å²) >= 11 is 4.33. The van der Waals surface area contributed by atoms with Crippen LogP contribution in [0.1, 0.15) is 38.3 Å². The molecule has 0 bridgehead atoms. The highest BCUT2D eigenvalue weighted by Crippen LogP contribution is 2.40. The molecule has 2 aromatic carbocycles. The maximum Gasteiger partial charge on any atom is 0.294 e. The number of hydrogen-bond acceptors (Lipinski definition) is 6. The Labute approximate surface area is 212 Å². The third kappa shape index (κ3) is 6.42. The zero-order chi connectivity index (χ0) is 24.8. The first-order chi connectivity index (χ1) is 16.2. The minimum Gasteiger partial charge on any atom is -0.490 e. The molecule has 0 aromatic heterocycles. The van der Waals surface area contributed by atoms with E-state index in [2.05, 4.69) is 21.2 Å². The van der Waals surface area contributed by atoms with Gasteiger partial charge in [0.2, 0.25) is 5.91 Å². The molecule has 2 aromatic rings. The maximum atomic E-state index is 12.9. The van der Waals surface area contributed by atoms with Gasteiger partial charge in [0, 0.05) is 5.69 Å². The summed E-state index contributed by atoms with van der Waals surface area (Å²) < 4.78 is 12.4. The molecule has 1 N–H and O–H groups in total. The molecule has 1 fully saturated rings. The summed E-state index contributed by atoms with van der Waals surface area (Å²) in [6, 6.07) is 10.9. The number of amides is 3. The van der Waals surface area contributed by atoms with Crippen molar-refractivity contribution < 1.29 is 23.9 Å². The van der Waals surface area contributed by atoms with E-state index in [1.165, 1.54) is 0 Å². The van der Waals surface area contributed by atoms with Crippen LogP contribution in [0.3, 0.4) is 0 Å². The summed E-state index contributed by atoms with van der Waals surface area (Å²) in [5, 5.41) is 2.23. The number of rotatable bonds is 9. The van der Waals surface area contributed by atoms with Gasteiger partial charge in [0.25, 0.3) is 11.1 Å². The van der Waals surface area contributed by atoms with Crippen LogP contribution >= 0.6 is 27.7 Å². The van der Waals surface area contributed by atoms with Crippen molar-refractivity contribution in [2.24, 2.45) is 0 Å². The number of nitrogens with zero attached hydrogens (tertiary/aromatic N) is 1. The fourth-order valence-corrected chi connectivity index (χ4v) is 4.58. The van der Waals surface area contributed by atoms with Crippen molar-refractivity contribution >= 4 is 56.5 Å². The Morgan fingerprint density at radius 3 is 2.68 bits per heavy atom. The molecule has 34 heavy (non-hydrogen) atoms. The van der Waals surface area contributed by atoms with Crippen LogP contribution in [0, 0.1) is 6.92 Å². The molecule has 180 valence electrons. The Morgan fingerprint density at radius 2 is 2.00 bits per heavy atom. The summed E-state index contributed by atoms with van der Waals surface area (Å²) in [5.74, 6) is 0.180. The van der Waals surface area contributed by atoms with Gasteiger partial charge in [0.1, 0.15) is 6.54 Å². The van der Waals surface area contributed by atoms with Gasteiger partial charge in [0.05, 0.1) is 22.1 Å². The van der Waals surface area contributed by atoms with Gasteiger partial charge in [-0.3, -0.25) is 19.3 Å². The number of aryl methyl sites for hydroxylation is 1. The highest BCUT2D eigenvalue weighted by Gasteiger charge is 2.36. The number of ether oxygens (including phenoxy) is 2. The van der Waals surface area contributed by atoms with E-state index in [1.807, 2.05) is 45.9 Å². The molecular weight excluding hydrogens is 520 g/mol. The van der Waals surface area contributed by atoms with Crippen molar-refractivity contribution in [3.05, 3.63) is 56.9 Å². The molecule has 1 aliphatic heterocycles. The SMILES string of the molecule is CCOc1cc(/C=C2\SC(=O)N(CC(=O)Nc3cccc(C)c3)C2=O)cc(Br)c1O[C@H](C)CC. The summed E-state index contributed by atoms with van der Waals surface area (Å²) in [7, 11) is 0. The van der Waals surface area contributed by atoms with Crippen molar-refractivity contribution in [1.82, 2.24) is 4.90 Å². The van der Waals surface area contributed by atoms with Gasteiger partial charge in [-0.1, -0.05) is 19.1 Å². The highest BCUT2D eigenvalue weighted by molar-refractivity contribution is 9.10. The fourth-order valence-electron chi connectivity index (χ4n) is 3.19. The molecule has 3 amide bonds. The third-order valence-electron chi connectivity index (χ3n) is 5.00. The average Bonchev–Trinajstić information content (AvgIpc) is 3.03. The van der Waals surface area contributed by atoms with Crippen LogP contribution < -0.4 is 14.8 Å². The molecule has 1 saturated heterocycles. The predicted octanol–water partition coefficient (Wildman–Crippen LogP) is 6.01. The largest absolute Gasteiger partial charge is 0.490 e. The molecule has 1 atom stereocenters. The van der Waals surface area contributed by atoms with E-state index < -0.39 is 17.1 Å². The number of halogens is 1. The van der Waals surface area contributed by atoms with Crippen molar-refractivity contribution in [1.29, 1.82) is 0 Å². The summed E-state index contributed by atoms with van der Waals surface area (Å²) in [5.41, 5.74) is 2.27. The number of thioether (sulfide) groups is 1. The van der Waals surface area contributed by atoms with Crippen molar-refractivity contribution in [2.75, 3.05) is 18.5 Å². The Kier molecular flexibility index (Phi) is 8.79. The normalized spacial score (nSPS) is 15.6. The molecule has 3 rings (SSSR count). The quantitative estimate of drug-likeness (QED) is 0.387. The lowest BCUT2D eigenvalue weighted by atomic mass is 10.1. The lowest BCUT2D eigenvalue weighted by Crippen LogP contribution is -2.36. The number of hydrogen-bond donors (Lipinski definition) is 1. The highest BCUT2D eigenvalue weighted by atomic mass is 79.9. The van der Waals surface area contributed by atoms with E-state index >= 15 is 0 Å². The second-order valence-corrected chi connectivity index (χ2v) is 9.63. The Balaban J connectivity index is 1.78. The van der Waals surface area contributed by atoms with E-state index in [-0.39, 0.29) is 17.6 Å². The monoisotopic (exact) mass is 546 g/mol. The van der Waals surface area contributed by atoms with Gasteiger partial charge >= 0.3 is 0 Å². The van der Waals surface area contributed by atoms with Crippen LogP contribution in [0.5, 0.6) is 11.5 Å². The standard InChI is InChI=1S/C25H27BrN2O5S/c1-5-16(4)33-23-19(26)11-17(12-20(23)32-6-2)13-21-24(30)28(25(31)34-21)14-22(29)27-18-9-7-8-15(3)10-18/h7-13,16H,5-6,14H2,1-4H3,(H,27,29)/b21-13-/t16-/m1/s1. The van der Waals surface area contributed by atoms with Crippen LogP contribution in [-0.4, -0.2) is 41.2 Å². The van der Waals surface area contributed by atoms with Crippen LogP contribution in [-0.2, 0) is 9.59 Å². The van der Waals surface area contributed by atoms with Gasteiger partial charge in [-0.25, -0.2) is 0 Å². The van der Waals surface area contributed by atoms with Crippen LogP contribution in [0.15, 0.2) is 45.8 Å². The molecule has 0 aliphatic carbocycles. The predicted molar refractivity (Wildman–Crippen MR) is 138 cm³/mol. The molecule has 1 heterocycles. The van der Waals surface area contributed by atoms with E-state index in [1.54, 1.807) is 24.3 Å². The Hall–Kier alpha value is -2.78. The molecule has 1 aliphatic rings. The molecule has 0 unspecified atom stereocenters. The molecule has 0 radical (unpaired) electrons. The second kappa shape index (κ2) is 11.6. The minimum absolute atomic E-state index is 0.00352. The Morgan fingerprint density at radius 1 is 1.24 bits per heavy atom. The maximum absolute atomic E-state index is 12.9. The minimum atomic E-state index is -0.511. The first-order valence-electron chi connectivity index (χ1n) is 11.0. The van der Waals surface area contributed by atoms with E-state index in [9.17, 15) is 14.4 Å².